The molecule has 1 spiro atoms. The third-order valence-electron chi connectivity index (χ3n) is 6.06. The zero-order valence-corrected chi connectivity index (χ0v) is 12.5. The van der Waals surface area contributed by atoms with Crippen LogP contribution >= 0.6 is 0 Å². The Morgan fingerprint density at radius 3 is 2.47 bits per heavy atom. The summed E-state index contributed by atoms with van der Waals surface area (Å²) in [4.78, 5) is 0. The van der Waals surface area contributed by atoms with E-state index in [9.17, 15) is 5.11 Å². The molecular weight excluding hydrogens is 236 g/mol. The minimum absolute atomic E-state index is 0.130. The van der Waals surface area contributed by atoms with Crippen molar-refractivity contribution in [2.45, 2.75) is 88.8 Å². The molecule has 0 radical (unpaired) electrons. The Hall–Kier alpha value is -0.0800. The van der Waals surface area contributed by atoms with Gasteiger partial charge in [-0.3, -0.25) is 0 Å². The number of hydrogen-bond donors (Lipinski definition) is 1. The molecule has 2 saturated carbocycles. The van der Waals surface area contributed by atoms with Gasteiger partial charge in [0.25, 0.3) is 0 Å². The van der Waals surface area contributed by atoms with Gasteiger partial charge in [-0.25, -0.2) is 0 Å². The highest BCUT2D eigenvalue weighted by Crippen LogP contribution is 2.46. The van der Waals surface area contributed by atoms with Crippen molar-refractivity contribution in [3.05, 3.63) is 0 Å². The van der Waals surface area contributed by atoms with E-state index in [2.05, 4.69) is 6.92 Å². The number of rotatable bonds is 3. The van der Waals surface area contributed by atoms with Crippen LogP contribution in [0.1, 0.15) is 77.6 Å². The van der Waals surface area contributed by atoms with E-state index in [4.69, 9.17) is 4.74 Å². The van der Waals surface area contributed by atoms with Crippen molar-refractivity contribution in [3.8, 4) is 0 Å². The topological polar surface area (TPSA) is 29.5 Å². The van der Waals surface area contributed by atoms with Crippen molar-refractivity contribution in [1.29, 1.82) is 0 Å². The molecule has 1 N–H and O–H groups in total. The average Bonchev–Trinajstić information content (AvgIpc) is 2.35. The van der Waals surface area contributed by atoms with Gasteiger partial charge in [-0.05, 0) is 50.9 Å². The first-order valence-corrected chi connectivity index (χ1v) is 8.46. The normalized spacial score (nSPS) is 34.7. The molecule has 2 atom stereocenters. The highest BCUT2D eigenvalue weighted by atomic mass is 16.5. The predicted molar refractivity (Wildman–Crippen MR) is 77.1 cm³/mol. The molecule has 3 fully saturated rings. The second kappa shape index (κ2) is 5.37. The molecule has 0 aromatic carbocycles. The second-order valence-corrected chi connectivity index (χ2v) is 7.64. The lowest BCUT2D eigenvalue weighted by Gasteiger charge is -2.48. The molecule has 1 heterocycles. The van der Waals surface area contributed by atoms with Crippen LogP contribution in [0.25, 0.3) is 0 Å². The van der Waals surface area contributed by atoms with E-state index in [0.29, 0.717) is 5.92 Å². The minimum atomic E-state index is -0.459. The molecule has 1 saturated heterocycles. The van der Waals surface area contributed by atoms with Gasteiger partial charge in [0.05, 0.1) is 11.2 Å². The highest BCUT2D eigenvalue weighted by molar-refractivity contribution is 4.96. The van der Waals surface area contributed by atoms with Gasteiger partial charge in [0.2, 0.25) is 0 Å². The smallest absolute Gasteiger partial charge is 0.0686 e. The van der Waals surface area contributed by atoms with Gasteiger partial charge in [-0.15, -0.1) is 0 Å². The van der Waals surface area contributed by atoms with Crippen LogP contribution in [0.4, 0.5) is 0 Å². The first kappa shape index (κ1) is 13.9. The summed E-state index contributed by atoms with van der Waals surface area (Å²) < 4.78 is 6.17. The van der Waals surface area contributed by atoms with Crippen LogP contribution in [0, 0.1) is 11.8 Å². The highest BCUT2D eigenvalue weighted by Gasteiger charge is 2.45. The molecule has 110 valence electrons. The fourth-order valence-corrected chi connectivity index (χ4v) is 4.55. The van der Waals surface area contributed by atoms with Crippen LogP contribution in [0.15, 0.2) is 0 Å². The van der Waals surface area contributed by atoms with Crippen LogP contribution in [0.2, 0.25) is 0 Å². The van der Waals surface area contributed by atoms with Crippen LogP contribution in [0.3, 0.4) is 0 Å². The van der Waals surface area contributed by atoms with Crippen molar-refractivity contribution in [2.75, 3.05) is 6.61 Å². The Labute approximate surface area is 117 Å². The molecule has 0 aromatic rings. The lowest BCUT2D eigenvalue weighted by molar-refractivity contribution is -0.157. The van der Waals surface area contributed by atoms with E-state index in [1.807, 2.05) is 0 Å². The first-order valence-electron chi connectivity index (χ1n) is 8.46. The van der Waals surface area contributed by atoms with Gasteiger partial charge in [0.15, 0.2) is 0 Å². The molecule has 2 aliphatic carbocycles. The summed E-state index contributed by atoms with van der Waals surface area (Å²) in [6, 6.07) is 0. The zero-order valence-electron chi connectivity index (χ0n) is 12.5. The maximum Gasteiger partial charge on any atom is 0.0686 e. The maximum absolute atomic E-state index is 10.9. The Bertz CT molecular complexity index is 295. The van der Waals surface area contributed by atoms with E-state index in [0.717, 1.165) is 31.8 Å². The Balaban J connectivity index is 1.62. The third kappa shape index (κ3) is 3.00. The number of aliphatic hydroxyl groups is 1. The summed E-state index contributed by atoms with van der Waals surface area (Å²) in [5.74, 6) is 1.25. The largest absolute Gasteiger partial charge is 0.390 e. The molecule has 3 aliphatic rings. The van der Waals surface area contributed by atoms with Crippen LogP contribution in [-0.4, -0.2) is 22.9 Å². The quantitative estimate of drug-likeness (QED) is 0.835. The van der Waals surface area contributed by atoms with Gasteiger partial charge >= 0.3 is 0 Å². The summed E-state index contributed by atoms with van der Waals surface area (Å²) in [5.41, 5.74) is -0.329. The Morgan fingerprint density at radius 2 is 1.84 bits per heavy atom. The molecule has 2 nitrogen and oxygen atoms in total. The van der Waals surface area contributed by atoms with Gasteiger partial charge in [0, 0.05) is 6.61 Å². The Morgan fingerprint density at radius 1 is 1.11 bits per heavy atom. The molecule has 1 aliphatic heterocycles. The van der Waals surface area contributed by atoms with Crippen molar-refractivity contribution >= 4 is 0 Å². The van der Waals surface area contributed by atoms with Gasteiger partial charge in [-0.2, -0.15) is 0 Å². The first-order chi connectivity index (χ1) is 9.10. The summed E-state index contributed by atoms with van der Waals surface area (Å²) in [6.07, 6.45) is 13.7. The van der Waals surface area contributed by atoms with Crippen molar-refractivity contribution in [3.63, 3.8) is 0 Å². The van der Waals surface area contributed by atoms with E-state index in [1.54, 1.807) is 0 Å². The molecule has 3 rings (SSSR count). The average molecular weight is 266 g/mol. The van der Waals surface area contributed by atoms with Crippen molar-refractivity contribution in [1.82, 2.24) is 0 Å². The SMILES string of the molecule is CC(O)(CC1CCC1)C1CCOC2(CCCCC2)C1. The lowest BCUT2D eigenvalue weighted by atomic mass is 9.67. The van der Waals surface area contributed by atoms with E-state index in [-0.39, 0.29) is 5.60 Å². The van der Waals surface area contributed by atoms with E-state index < -0.39 is 5.60 Å². The van der Waals surface area contributed by atoms with Crippen molar-refractivity contribution < 1.29 is 9.84 Å². The molecule has 2 unspecified atom stereocenters. The molecular formula is C17H30O2. The molecule has 0 bridgehead atoms. The standard InChI is InChI=1S/C17H30O2/c1-16(18,12-14-6-5-7-14)15-8-11-19-17(13-15)9-3-2-4-10-17/h14-15,18H,2-13H2,1H3. The lowest BCUT2D eigenvalue weighted by Crippen LogP contribution is -2.49. The Kier molecular flexibility index (Phi) is 3.92. The number of ether oxygens (including phenoxy) is 1. The number of hydrogen-bond acceptors (Lipinski definition) is 2. The van der Waals surface area contributed by atoms with Crippen molar-refractivity contribution in [2.24, 2.45) is 11.8 Å². The monoisotopic (exact) mass is 266 g/mol. The van der Waals surface area contributed by atoms with Gasteiger partial charge in [0.1, 0.15) is 0 Å². The van der Waals surface area contributed by atoms with Gasteiger partial charge < -0.3 is 9.84 Å². The summed E-state index contributed by atoms with van der Waals surface area (Å²) in [7, 11) is 0. The molecule has 19 heavy (non-hydrogen) atoms. The van der Waals surface area contributed by atoms with E-state index >= 15 is 0 Å². The summed E-state index contributed by atoms with van der Waals surface area (Å²) in [6.45, 7) is 2.96. The summed E-state index contributed by atoms with van der Waals surface area (Å²) in [5, 5.41) is 10.9. The van der Waals surface area contributed by atoms with Crippen LogP contribution in [-0.2, 0) is 4.74 Å². The van der Waals surface area contributed by atoms with E-state index in [1.165, 1.54) is 51.4 Å². The molecule has 2 heteroatoms. The third-order valence-corrected chi connectivity index (χ3v) is 6.06. The predicted octanol–water partition coefficient (Wildman–Crippen LogP) is 4.06. The minimum Gasteiger partial charge on any atom is -0.390 e. The maximum atomic E-state index is 10.9. The molecule has 0 aromatic heterocycles. The van der Waals surface area contributed by atoms with Crippen LogP contribution in [0.5, 0.6) is 0 Å². The van der Waals surface area contributed by atoms with Crippen LogP contribution < -0.4 is 0 Å². The second-order valence-electron chi connectivity index (χ2n) is 7.64. The van der Waals surface area contributed by atoms with Gasteiger partial charge in [-0.1, -0.05) is 38.5 Å². The fraction of sp³-hybridized carbons (Fsp3) is 1.00. The zero-order chi connectivity index (χ0) is 13.3. The summed E-state index contributed by atoms with van der Waals surface area (Å²) >= 11 is 0. The fourth-order valence-electron chi connectivity index (χ4n) is 4.55. The molecule has 0 amide bonds.